The minimum atomic E-state index is -1.33. The maximum atomic E-state index is 11.4. The molecule has 0 fully saturated rings. The van der Waals surface area contributed by atoms with Crippen molar-refractivity contribution in [2.24, 2.45) is 0 Å². The predicted molar refractivity (Wildman–Crippen MR) is 83.1 cm³/mol. The van der Waals surface area contributed by atoms with Crippen LogP contribution in [0.3, 0.4) is 0 Å². The Morgan fingerprint density at radius 1 is 1.00 bits per heavy atom. The zero-order valence-corrected chi connectivity index (χ0v) is 12.7. The maximum Gasteiger partial charge on any atom is 0.236 e. The molecular weight excluding hydrogens is 330 g/mol. The second kappa shape index (κ2) is 4.55. The van der Waals surface area contributed by atoms with Gasteiger partial charge in [-0.15, -0.1) is 0 Å². The molecule has 4 heteroatoms. The van der Waals surface area contributed by atoms with Gasteiger partial charge in [-0.05, 0) is 11.1 Å². The van der Waals surface area contributed by atoms with Gasteiger partial charge in [0, 0.05) is 11.1 Å². The van der Waals surface area contributed by atoms with Crippen LogP contribution in [0.15, 0.2) is 59.1 Å². The standard InChI is InChI=1S/C17H12BrNO2/c18-9-11-10-19-16(21-11)17(20)14-7-3-1-5-12(14)13-6-2-4-8-15(13)17/h1-8,10,20H,9H2. The Balaban J connectivity index is 2.03. The summed E-state index contributed by atoms with van der Waals surface area (Å²) in [5.74, 6) is 1.01. The SMILES string of the molecule is OC1(c2ncc(CBr)o2)c2ccccc2-c2ccccc21. The molecule has 0 spiro atoms. The molecular formula is C17H12BrNO2. The highest BCUT2D eigenvalue weighted by molar-refractivity contribution is 9.08. The van der Waals surface area contributed by atoms with Crippen LogP contribution in [0.5, 0.6) is 0 Å². The van der Waals surface area contributed by atoms with Gasteiger partial charge < -0.3 is 9.52 Å². The van der Waals surface area contributed by atoms with E-state index in [0.717, 1.165) is 22.3 Å². The first-order chi connectivity index (χ1) is 10.2. The molecule has 3 nitrogen and oxygen atoms in total. The fourth-order valence-electron chi connectivity index (χ4n) is 2.98. The molecule has 1 aromatic heterocycles. The molecule has 21 heavy (non-hydrogen) atoms. The summed E-state index contributed by atoms with van der Waals surface area (Å²) in [4.78, 5) is 4.29. The molecule has 0 atom stereocenters. The second-order valence-electron chi connectivity index (χ2n) is 5.07. The van der Waals surface area contributed by atoms with Gasteiger partial charge in [-0.2, -0.15) is 0 Å². The van der Waals surface area contributed by atoms with Gasteiger partial charge in [-0.25, -0.2) is 4.98 Å². The molecule has 1 N–H and O–H groups in total. The number of nitrogens with zero attached hydrogens (tertiary/aromatic N) is 1. The Kier molecular flexibility index (Phi) is 2.77. The molecule has 0 bridgehead atoms. The van der Waals surface area contributed by atoms with Gasteiger partial charge in [0.15, 0.2) is 5.60 Å². The number of hydrogen-bond acceptors (Lipinski definition) is 3. The molecule has 0 amide bonds. The summed E-state index contributed by atoms with van der Waals surface area (Å²) in [6.45, 7) is 0. The molecule has 0 aliphatic heterocycles. The molecule has 4 rings (SSSR count). The van der Waals surface area contributed by atoms with E-state index < -0.39 is 5.60 Å². The normalized spacial score (nSPS) is 14.8. The zero-order valence-electron chi connectivity index (χ0n) is 11.1. The quantitative estimate of drug-likeness (QED) is 0.720. The number of oxazole rings is 1. The molecule has 0 radical (unpaired) electrons. The van der Waals surface area contributed by atoms with Crippen LogP contribution in [0, 0.1) is 0 Å². The smallest absolute Gasteiger partial charge is 0.236 e. The van der Waals surface area contributed by atoms with Crippen LogP contribution >= 0.6 is 15.9 Å². The van der Waals surface area contributed by atoms with E-state index in [-0.39, 0.29) is 0 Å². The summed E-state index contributed by atoms with van der Waals surface area (Å²) in [5, 5.41) is 12.0. The first-order valence-electron chi connectivity index (χ1n) is 6.68. The summed E-state index contributed by atoms with van der Waals surface area (Å²) in [5.41, 5.74) is 2.35. The first-order valence-corrected chi connectivity index (χ1v) is 7.80. The van der Waals surface area contributed by atoms with Crippen molar-refractivity contribution in [1.29, 1.82) is 0 Å². The lowest BCUT2D eigenvalue weighted by atomic mass is 9.91. The summed E-state index contributed by atoms with van der Waals surface area (Å²) < 4.78 is 5.73. The third kappa shape index (κ3) is 1.66. The number of aromatic nitrogens is 1. The molecule has 0 saturated carbocycles. The molecule has 0 unspecified atom stereocenters. The van der Waals surface area contributed by atoms with Gasteiger partial charge in [0.1, 0.15) is 5.76 Å². The minimum Gasteiger partial charge on any atom is -0.441 e. The fourth-order valence-corrected chi connectivity index (χ4v) is 3.24. The number of benzene rings is 2. The Hall–Kier alpha value is -1.91. The third-order valence-corrected chi connectivity index (χ3v) is 4.47. The largest absolute Gasteiger partial charge is 0.441 e. The second-order valence-corrected chi connectivity index (χ2v) is 5.63. The van der Waals surface area contributed by atoms with Crippen molar-refractivity contribution < 1.29 is 9.52 Å². The lowest BCUT2D eigenvalue weighted by Gasteiger charge is -2.21. The number of rotatable bonds is 2. The van der Waals surface area contributed by atoms with E-state index in [4.69, 9.17) is 4.42 Å². The topological polar surface area (TPSA) is 46.3 Å². The minimum absolute atomic E-state index is 0.314. The summed E-state index contributed by atoms with van der Waals surface area (Å²) in [6, 6.07) is 15.7. The molecule has 1 heterocycles. The highest BCUT2D eigenvalue weighted by atomic mass is 79.9. The van der Waals surface area contributed by atoms with Crippen LogP contribution in [0.25, 0.3) is 11.1 Å². The lowest BCUT2D eigenvalue weighted by molar-refractivity contribution is 0.0963. The molecule has 0 saturated heterocycles. The van der Waals surface area contributed by atoms with E-state index in [1.54, 1.807) is 6.20 Å². The van der Waals surface area contributed by atoms with Gasteiger partial charge in [0.25, 0.3) is 0 Å². The van der Waals surface area contributed by atoms with Gasteiger partial charge in [-0.1, -0.05) is 64.5 Å². The van der Waals surface area contributed by atoms with Gasteiger partial charge >= 0.3 is 0 Å². The number of halogens is 1. The van der Waals surface area contributed by atoms with Crippen LogP contribution in [0.4, 0.5) is 0 Å². The fraction of sp³-hybridized carbons (Fsp3) is 0.118. The maximum absolute atomic E-state index is 11.4. The Morgan fingerprint density at radius 3 is 2.10 bits per heavy atom. The molecule has 104 valence electrons. The van der Waals surface area contributed by atoms with E-state index in [1.807, 2.05) is 48.5 Å². The van der Waals surface area contributed by atoms with E-state index in [0.29, 0.717) is 17.0 Å². The molecule has 3 aromatic rings. The molecule has 1 aliphatic carbocycles. The van der Waals surface area contributed by atoms with Crippen molar-refractivity contribution in [2.45, 2.75) is 10.9 Å². The van der Waals surface area contributed by atoms with E-state index in [9.17, 15) is 5.11 Å². The number of aliphatic hydroxyl groups is 1. The van der Waals surface area contributed by atoms with Gasteiger partial charge in [0.2, 0.25) is 5.89 Å². The van der Waals surface area contributed by atoms with Gasteiger partial charge in [-0.3, -0.25) is 0 Å². The monoisotopic (exact) mass is 341 g/mol. The number of fused-ring (bicyclic) bond motifs is 3. The van der Waals surface area contributed by atoms with Crippen molar-refractivity contribution >= 4 is 15.9 Å². The Labute approximate surface area is 130 Å². The number of hydrogen-bond donors (Lipinski definition) is 1. The molecule has 1 aliphatic rings. The van der Waals surface area contributed by atoms with Gasteiger partial charge in [0.05, 0.1) is 11.5 Å². The van der Waals surface area contributed by atoms with Crippen LogP contribution in [0.2, 0.25) is 0 Å². The highest BCUT2D eigenvalue weighted by Gasteiger charge is 2.46. The average Bonchev–Trinajstić information content (AvgIpc) is 3.12. The Morgan fingerprint density at radius 2 is 1.57 bits per heavy atom. The Bertz CT molecular complexity index is 779. The highest BCUT2D eigenvalue weighted by Crippen LogP contribution is 2.50. The summed E-state index contributed by atoms with van der Waals surface area (Å²) >= 11 is 3.35. The van der Waals surface area contributed by atoms with E-state index in [1.165, 1.54) is 0 Å². The predicted octanol–water partition coefficient (Wildman–Crippen LogP) is 3.83. The lowest BCUT2D eigenvalue weighted by Crippen LogP contribution is -2.26. The van der Waals surface area contributed by atoms with Crippen molar-refractivity contribution in [1.82, 2.24) is 4.98 Å². The van der Waals surface area contributed by atoms with Crippen molar-refractivity contribution in [3.8, 4) is 11.1 Å². The summed E-state index contributed by atoms with van der Waals surface area (Å²) in [6.07, 6.45) is 1.64. The van der Waals surface area contributed by atoms with Crippen molar-refractivity contribution in [3.63, 3.8) is 0 Å². The third-order valence-electron chi connectivity index (χ3n) is 3.92. The van der Waals surface area contributed by atoms with Crippen LogP contribution in [-0.4, -0.2) is 10.1 Å². The first kappa shape index (κ1) is 12.8. The van der Waals surface area contributed by atoms with Crippen LogP contribution in [0.1, 0.15) is 22.8 Å². The zero-order chi connectivity index (χ0) is 14.4. The van der Waals surface area contributed by atoms with E-state index >= 15 is 0 Å². The van der Waals surface area contributed by atoms with Crippen LogP contribution in [-0.2, 0) is 10.9 Å². The van der Waals surface area contributed by atoms with Crippen molar-refractivity contribution in [2.75, 3.05) is 0 Å². The van der Waals surface area contributed by atoms with E-state index in [2.05, 4.69) is 20.9 Å². The van der Waals surface area contributed by atoms with Crippen LogP contribution < -0.4 is 0 Å². The summed E-state index contributed by atoms with van der Waals surface area (Å²) in [7, 11) is 0. The molecule has 2 aromatic carbocycles. The average molecular weight is 342 g/mol. The van der Waals surface area contributed by atoms with Crippen molar-refractivity contribution in [3.05, 3.63) is 77.5 Å². The number of alkyl halides is 1.